The van der Waals surface area contributed by atoms with E-state index in [1.165, 1.54) is 12.1 Å². The summed E-state index contributed by atoms with van der Waals surface area (Å²) < 4.78 is 56.1. The smallest absolute Gasteiger partial charge is 1.00 e. The van der Waals surface area contributed by atoms with Crippen LogP contribution >= 0.6 is 0 Å². The molecule has 1 rings (SSSR count). The monoisotopic (exact) mass is 302 g/mol. The Labute approximate surface area is 129 Å². The molecule has 0 radical (unpaired) electrons. The molecular formula is C9H11NaO6S2. The zero-order chi connectivity index (χ0) is 13.1. The second-order valence-electron chi connectivity index (χ2n) is 3.11. The van der Waals surface area contributed by atoms with Crippen LogP contribution < -0.4 is 33.7 Å². The fourth-order valence-electron chi connectivity index (χ4n) is 1.01. The van der Waals surface area contributed by atoms with Crippen molar-refractivity contribution in [2.24, 2.45) is 0 Å². The van der Waals surface area contributed by atoms with Gasteiger partial charge in [0.2, 0.25) is 5.08 Å². The molecule has 0 saturated carbocycles. The van der Waals surface area contributed by atoms with Crippen LogP contribution in [0.4, 0.5) is 0 Å². The standard InChI is InChI=1S/C9H10O6S2.Na.H/c1-2-8-3-5-9(6-4-8)15-17(13,14)7-16(10,11)12;;/h2-6H,1,7H2,(H,10,11,12);;/q;+1;-1. The molecule has 1 N–H and O–H groups in total. The van der Waals surface area contributed by atoms with Gasteiger partial charge >= 0.3 is 39.7 Å². The Kier molecular flexibility index (Phi) is 6.55. The van der Waals surface area contributed by atoms with E-state index < -0.39 is 25.3 Å². The van der Waals surface area contributed by atoms with Crippen LogP contribution in [0.5, 0.6) is 5.75 Å². The van der Waals surface area contributed by atoms with Crippen molar-refractivity contribution in [2.75, 3.05) is 5.08 Å². The van der Waals surface area contributed by atoms with Gasteiger partial charge in [-0.3, -0.25) is 4.55 Å². The van der Waals surface area contributed by atoms with E-state index in [-0.39, 0.29) is 36.7 Å². The zero-order valence-electron chi connectivity index (χ0n) is 10.6. The van der Waals surface area contributed by atoms with Gasteiger partial charge in [0.15, 0.2) is 0 Å². The van der Waals surface area contributed by atoms with Gasteiger partial charge in [0, 0.05) is 0 Å². The molecule has 1 aromatic carbocycles. The normalized spacial score (nSPS) is 11.4. The van der Waals surface area contributed by atoms with Crippen LogP contribution in [0.25, 0.3) is 6.08 Å². The van der Waals surface area contributed by atoms with Crippen LogP contribution in [-0.2, 0) is 20.2 Å². The van der Waals surface area contributed by atoms with Crippen molar-refractivity contribution in [3.8, 4) is 5.75 Å². The molecule has 6 nitrogen and oxygen atoms in total. The molecule has 0 aliphatic rings. The minimum Gasteiger partial charge on any atom is -1.00 e. The minimum absolute atomic E-state index is 0. The fraction of sp³-hybridized carbons (Fsp3) is 0.111. The number of benzene rings is 1. The first-order valence-corrected chi connectivity index (χ1v) is 7.50. The first-order chi connectivity index (χ1) is 7.72. The van der Waals surface area contributed by atoms with Crippen molar-refractivity contribution in [3.05, 3.63) is 36.4 Å². The fourth-order valence-corrected chi connectivity index (χ4v) is 3.07. The quantitative estimate of drug-likeness (QED) is 0.384. The largest absolute Gasteiger partial charge is 1.00 e. The maximum absolute atomic E-state index is 11.2. The molecule has 0 aliphatic heterocycles. The summed E-state index contributed by atoms with van der Waals surface area (Å²) in [6, 6.07) is 5.79. The van der Waals surface area contributed by atoms with E-state index in [0.29, 0.717) is 0 Å². The molecule has 1 aromatic rings. The third kappa shape index (κ3) is 6.53. The number of hydrogen-bond donors (Lipinski definition) is 1. The van der Waals surface area contributed by atoms with Crippen LogP contribution in [0.1, 0.15) is 6.99 Å². The van der Waals surface area contributed by atoms with E-state index in [1.54, 1.807) is 18.2 Å². The van der Waals surface area contributed by atoms with Gasteiger partial charge in [-0.15, -0.1) is 0 Å². The van der Waals surface area contributed by atoms with E-state index >= 15 is 0 Å². The van der Waals surface area contributed by atoms with Gasteiger partial charge < -0.3 is 5.61 Å². The Balaban J connectivity index is 0. The maximum Gasteiger partial charge on any atom is 1.00 e. The van der Waals surface area contributed by atoms with Crippen molar-refractivity contribution < 1.29 is 56.6 Å². The summed E-state index contributed by atoms with van der Waals surface area (Å²) >= 11 is 0. The third-order valence-electron chi connectivity index (χ3n) is 1.63. The average molecular weight is 302 g/mol. The maximum atomic E-state index is 11.2. The molecule has 0 bridgehead atoms. The van der Waals surface area contributed by atoms with Gasteiger partial charge in [-0.05, 0) is 17.7 Å². The molecule has 0 amide bonds. The molecule has 0 aliphatic carbocycles. The van der Waals surface area contributed by atoms with E-state index in [9.17, 15) is 16.8 Å². The Morgan fingerprint density at radius 3 is 2.11 bits per heavy atom. The minimum atomic E-state index is -4.64. The molecule has 0 fully saturated rings. The zero-order valence-corrected chi connectivity index (χ0v) is 13.2. The van der Waals surface area contributed by atoms with E-state index in [2.05, 4.69) is 10.8 Å². The predicted octanol–water partition coefficient (Wildman–Crippen LogP) is -2.00. The first-order valence-electron chi connectivity index (χ1n) is 4.32. The van der Waals surface area contributed by atoms with Crippen molar-refractivity contribution >= 4 is 26.3 Å². The summed E-state index contributed by atoms with van der Waals surface area (Å²) in [5.74, 6) is -0.0424. The van der Waals surface area contributed by atoms with Crippen LogP contribution in [0.2, 0.25) is 0 Å². The predicted molar refractivity (Wildman–Crippen MR) is 63.6 cm³/mol. The van der Waals surface area contributed by atoms with Crippen molar-refractivity contribution in [3.63, 3.8) is 0 Å². The van der Waals surface area contributed by atoms with Gasteiger partial charge in [0.05, 0.1) is 0 Å². The molecular weight excluding hydrogens is 291 g/mol. The Morgan fingerprint density at radius 2 is 1.72 bits per heavy atom. The summed E-state index contributed by atoms with van der Waals surface area (Å²) in [6.07, 6.45) is 1.55. The SMILES string of the molecule is C=Cc1ccc(OS(=O)(=O)CS(=O)(=O)O)cc1.[H-].[Na+]. The van der Waals surface area contributed by atoms with Crippen molar-refractivity contribution in [2.45, 2.75) is 0 Å². The van der Waals surface area contributed by atoms with Gasteiger partial charge in [0.1, 0.15) is 5.75 Å². The molecule has 0 unspecified atom stereocenters. The summed E-state index contributed by atoms with van der Waals surface area (Å²) in [6.45, 7) is 3.51. The van der Waals surface area contributed by atoms with Gasteiger partial charge in [-0.1, -0.05) is 24.8 Å². The van der Waals surface area contributed by atoms with Crippen LogP contribution in [0, 0.1) is 0 Å². The van der Waals surface area contributed by atoms with E-state index in [1.807, 2.05) is 0 Å². The molecule has 96 valence electrons. The summed E-state index contributed by atoms with van der Waals surface area (Å²) in [5, 5.41) is -1.48. The molecule has 18 heavy (non-hydrogen) atoms. The first kappa shape index (κ1) is 17.6. The van der Waals surface area contributed by atoms with Crippen LogP contribution in [0.3, 0.4) is 0 Å². The Bertz CT molecular complexity index is 609. The molecule has 0 aromatic heterocycles. The van der Waals surface area contributed by atoms with Crippen LogP contribution in [-0.4, -0.2) is 26.5 Å². The second kappa shape index (κ2) is 6.69. The molecule has 0 spiro atoms. The number of hydrogen-bond acceptors (Lipinski definition) is 5. The summed E-state index contributed by atoms with van der Waals surface area (Å²) in [7, 11) is -9.02. The topological polar surface area (TPSA) is 97.7 Å². The van der Waals surface area contributed by atoms with Gasteiger partial charge in [0.25, 0.3) is 10.1 Å². The van der Waals surface area contributed by atoms with Gasteiger partial charge in [-0.25, -0.2) is 0 Å². The van der Waals surface area contributed by atoms with E-state index in [4.69, 9.17) is 4.55 Å². The van der Waals surface area contributed by atoms with E-state index in [0.717, 1.165) is 5.56 Å². The van der Waals surface area contributed by atoms with Gasteiger partial charge in [-0.2, -0.15) is 16.8 Å². The van der Waals surface area contributed by atoms with Crippen LogP contribution in [0.15, 0.2) is 30.8 Å². The molecule has 9 heteroatoms. The Hall–Kier alpha value is -0.380. The molecule has 0 heterocycles. The molecule has 0 atom stereocenters. The summed E-state index contributed by atoms with van der Waals surface area (Å²) in [5.41, 5.74) is 0.754. The Morgan fingerprint density at radius 1 is 1.22 bits per heavy atom. The van der Waals surface area contributed by atoms with Crippen molar-refractivity contribution in [1.29, 1.82) is 0 Å². The second-order valence-corrected chi connectivity index (χ2v) is 6.50. The third-order valence-corrected chi connectivity index (χ3v) is 4.42. The number of rotatable bonds is 5. The summed E-state index contributed by atoms with van der Waals surface area (Å²) in [4.78, 5) is 0. The van der Waals surface area contributed by atoms with Crippen molar-refractivity contribution in [1.82, 2.24) is 0 Å². The molecule has 0 saturated heterocycles. The average Bonchev–Trinajstić information content (AvgIpc) is 2.14.